The molecule has 1 unspecified atom stereocenters. The zero-order chi connectivity index (χ0) is 14.7. The monoisotopic (exact) mass is 283 g/mol. The smallest absolute Gasteiger partial charge is 0.137 e. The van der Waals surface area contributed by atoms with Crippen molar-refractivity contribution in [3.05, 3.63) is 59.2 Å². The van der Waals surface area contributed by atoms with Gasteiger partial charge < -0.3 is 15.2 Å². The molecule has 110 valence electrons. The van der Waals surface area contributed by atoms with Gasteiger partial charge in [0.25, 0.3) is 0 Å². The van der Waals surface area contributed by atoms with Crippen molar-refractivity contribution in [2.45, 2.75) is 25.9 Å². The van der Waals surface area contributed by atoms with Crippen molar-refractivity contribution in [3.63, 3.8) is 0 Å². The molecule has 1 heterocycles. The van der Waals surface area contributed by atoms with Gasteiger partial charge in [-0.3, -0.25) is 0 Å². The summed E-state index contributed by atoms with van der Waals surface area (Å²) in [5, 5.41) is 0. The Morgan fingerprint density at radius 3 is 2.76 bits per heavy atom. The molecule has 1 atom stereocenters. The highest BCUT2D eigenvalue weighted by Gasteiger charge is 2.23. The molecule has 3 heteroatoms. The van der Waals surface area contributed by atoms with E-state index >= 15 is 0 Å². The van der Waals surface area contributed by atoms with Crippen LogP contribution in [0.5, 0.6) is 11.5 Å². The molecule has 0 bridgehead atoms. The molecule has 2 N–H and O–H groups in total. The van der Waals surface area contributed by atoms with Crippen molar-refractivity contribution in [1.29, 1.82) is 0 Å². The molecule has 0 radical (unpaired) electrons. The first-order chi connectivity index (χ1) is 10.2. The molecule has 0 spiro atoms. The van der Waals surface area contributed by atoms with Crippen molar-refractivity contribution >= 4 is 0 Å². The Hall–Kier alpha value is -2.00. The van der Waals surface area contributed by atoms with Gasteiger partial charge in [-0.2, -0.15) is 0 Å². The largest absolute Gasteiger partial charge is 0.490 e. The van der Waals surface area contributed by atoms with Crippen molar-refractivity contribution in [2.24, 2.45) is 5.73 Å². The number of nitrogens with two attached hydrogens (primary N) is 1. The lowest BCUT2D eigenvalue weighted by Crippen LogP contribution is -2.22. The van der Waals surface area contributed by atoms with Gasteiger partial charge in [-0.15, -0.1) is 0 Å². The van der Waals surface area contributed by atoms with Crippen LogP contribution < -0.4 is 15.2 Å². The minimum absolute atomic E-state index is 0.102. The molecule has 0 aliphatic carbocycles. The number of aryl methyl sites for hydroxylation is 1. The van der Waals surface area contributed by atoms with Gasteiger partial charge >= 0.3 is 0 Å². The van der Waals surface area contributed by atoms with E-state index in [1.54, 1.807) is 0 Å². The highest BCUT2D eigenvalue weighted by molar-refractivity contribution is 5.40. The summed E-state index contributed by atoms with van der Waals surface area (Å²) in [4.78, 5) is 0. The van der Waals surface area contributed by atoms with Crippen LogP contribution >= 0.6 is 0 Å². The molecule has 3 rings (SSSR count). The summed E-state index contributed by atoms with van der Waals surface area (Å²) in [5.74, 6) is 1.87. The van der Waals surface area contributed by atoms with E-state index in [9.17, 15) is 0 Å². The maximum Gasteiger partial charge on any atom is 0.137 e. The first-order valence-electron chi connectivity index (χ1n) is 7.42. The summed E-state index contributed by atoms with van der Waals surface area (Å²) >= 11 is 0. The fourth-order valence-corrected chi connectivity index (χ4v) is 2.65. The molecule has 2 aromatic carbocycles. The van der Waals surface area contributed by atoms with E-state index < -0.39 is 0 Å². The number of hydrogen-bond acceptors (Lipinski definition) is 3. The fourth-order valence-electron chi connectivity index (χ4n) is 2.65. The van der Waals surface area contributed by atoms with E-state index in [-0.39, 0.29) is 6.10 Å². The standard InChI is InChI=1S/C18H21NO2/c1-13-2-7-18-15(10-13)11-17(21-18)12-20-16-5-3-14(4-6-16)8-9-19/h2-7,10,17H,8-9,11-12,19H2,1H3. The van der Waals surface area contributed by atoms with E-state index in [2.05, 4.69) is 31.2 Å². The van der Waals surface area contributed by atoms with Crippen LogP contribution in [0.25, 0.3) is 0 Å². The van der Waals surface area contributed by atoms with E-state index in [4.69, 9.17) is 15.2 Å². The Labute approximate surface area is 125 Å². The number of rotatable bonds is 5. The average Bonchev–Trinajstić information content (AvgIpc) is 2.89. The van der Waals surface area contributed by atoms with Gasteiger partial charge in [-0.25, -0.2) is 0 Å². The third-order valence-corrected chi connectivity index (χ3v) is 3.75. The number of benzene rings is 2. The Balaban J connectivity index is 1.55. The molecule has 2 aromatic rings. The maximum atomic E-state index is 5.90. The van der Waals surface area contributed by atoms with Crippen LogP contribution in [-0.2, 0) is 12.8 Å². The van der Waals surface area contributed by atoms with Crippen molar-refractivity contribution in [3.8, 4) is 11.5 Å². The highest BCUT2D eigenvalue weighted by Crippen LogP contribution is 2.29. The zero-order valence-electron chi connectivity index (χ0n) is 12.3. The number of fused-ring (bicyclic) bond motifs is 1. The normalized spacial score (nSPS) is 16.4. The highest BCUT2D eigenvalue weighted by atomic mass is 16.5. The summed E-state index contributed by atoms with van der Waals surface area (Å²) in [6, 6.07) is 14.4. The van der Waals surface area contributed by atoms with Gasteiger partial charge in [0.05, 0.1) is 0 Å². The van der Waals surface area contributed by atoms with E-state index in [0.717, 1.165) is 24.3 Å². The van der Waals surface area contributed by atoms with Crippen LogP contribution in [0.3, 0.4) is 0 Å². The first-order valence-corrected chi connectivity index (χ1v) is 7.42. The van der Waals surface area contributed by atoms with Crippen LogP contribution in [0.15, 0.2) is 42.5 Å². The van der Waals surface area contributed by atoms with Gasteiger partial charge in [0.15, 0.2) is 0 Å². The van der Waals surface area contributed by atoms with Crippen LogP contribution in [0.2, 0.25) is 0 Å². The van der Waals surface area contributed by atoms with Gasteiger partial charge in [0.2, 0.25) is 0 Å². The fraction of sp³-hybridized carbons (Fsp3) is 0.333. The lowest BCUT2D eigenvalue weighted by Gasteiger charge is -2.12. The lowest BCUT2D eigenvalue weighted by atomic mass is 10.1. The van der Waals surface area contributed by atoms with Crippen LogP contribution in [-0.4, -0.2) is 19.3 Å². The van der Waals surface area contributed by atoms with Gasteiger partial charge in [-0.05, 0) is 49.2 Å². The van der Waals surface area contributed by atoms with Crippen LogP contribution in [0, 0.1) is 6.92 Å². The van der Waals surface area contributed by atoms with Crippen molar-refractivity contribution in [1.82, 2.24) is 0 Å². The SMILES string of the molecule is Cc1ccc2c(c1)CC(COc1ccc(CCN)cc1)O2. The van der Waals surface area contributed by atoms with Gasteiger partial charge in [-0.1, -0.05) is 29.8 Å². The van der Waals surface area contributed by atoms with E-state index in [1.165, 1.54) is 16.7 Å². The topological polar surface area (TPSA) is 44.5 Å². The summed E-state index contributed by atoms with van der Waals surface area (Å²) in [6.07, 6.45) is 1.92. The number of hydrogen-bond donors (Lipinski definition) is 1. The molecule has 3 nitrogen and oxygen atoms in total. The molecule has 0 aromatic heterocycles. The van der Waals surface area contributed by atoms with Gasteiger partial charge in [0.1, 0.15) is 24.2 Å². The number of ether oxygens (including phenoxy) is 2. The maximum absolute atomic E-state index is 5.90. The Bertz CT molecular complexity index is 607. The summed E-state index contributed by atoms with van der Waals surface area (Å²) in [7, 11) is 0. The van der Waals surface area contributed by atoms with Crippen molar-refractivity contribution < 1.29 is 9.47 Å². The summed E-state index contributed by atoms with van der Waals surface area (Å²) < 4.78 is 11.7. The van der Waals surface area contributed by atoms with Crippen LogP contribution in [0.4, 0.5) is 0 Å². The molecule has 1 aliphatic rings. The lowest BCUT2D eigenvalue weighted by molar-refractivity contribution is 0.148. The predicted octanol–water partition coefficient (Wildman–Crippen LogP) is 2.88. The molecule has 0 saturated heterocycles. The minimum atomic E-state index is 0.102. The molecule has 0 saturated carbocycles. The quantitative estimate of drug-likeness (QED) is 0.917. The minimum Gasteiger partial charge on any atom is -0.490 e. The average molecular weight is 283 g/mol. The molecule has 0 fully saturated rings. The Morgan fingerprint density at radius 1 is 1.19 bits per heavy atom. The third-order valence-electron chi connectivity index (χ3n) is 3.75. The second kappa shape index (κ2) is 6.19. The summed E-state index contributed by atoms with van der Waals surface area (Å²) in [6.45, 7) is 3.35. The van der Waals surface area contributed by atoms with E-state index in [1.807, 2.05) is 18.2 Å². The second-order valence-corrected chi connectivity index (χ2v) is 5.55. The second-order valence-electron chi connectivity index (χ2n) is 5.55. The van der Waals surface area contributed by atoms with Gasteiger partial charge in [0, 0.05) is 6.42 Å². The predicted molar refractivity (Wildman–Crippen MR) is 84.0 cm³/mol. The Morgan fingerprint density at radius 2 is 2.00 bits per heavy atom. The van der Waals surface area contributed by atoms with Crippen LogP contribution in [0.1, 0.15) is 16.7 Å². The molecular weight excluding hydrogens is 262 g/mol. The first kappa shape index (κ1) is 14.0. The third kappa shape index (κ3) is 3.37. The van der Waals surface area contributed by atoms with E-state index in [0.29, 0.717) is 13.2 Å². The molecule has 21 heavy (non-hydrogen) atoms. The Kier molecular flexibility index (Phi) is 4.11. The molecule has 0 amide bonds. The van der Waals surface area contributed by atoms with Crippen molar-refractivity contribution in [2.75, 3.05) is 13.2 Å². The zero-order valence-corrected chi connectivity index (χ0v) is 12.3. The molecule has 1 aliphatic heterocycles. The molecular formula is C18H21NO2. The summed E-state index contributed by atoms with van der Waals surface area (Å²) in [5.41, 5.74) is 9.34.